The van der Waals surface area contributed by atoms with Crippen LogP contribution in [0.4, 0.5) is 0 Å². The predicted molar refractivity (Wildman–Crippen MR) is 108 cm³/mol. The summed E-state index contributed by atoms with van der Waals surface area (Å²) in [5, 5.41) is 2.95. The van der Waals surface area contributed by atoms with Crippen LogP contribution in [0.1, 0.15) is 52.4 Å². The molecule has 0 unspecified atom stereocenters. The highest BCUT2D eigenvalue weighted by atomic mass is 32.1. The highest BCUT2D eigenvalue weighted by Gasteiger charge is 2.12. The molecule has 1 amide bonds. The quantitative estimate of drug-likeness (QED) is 0.637. The minimum absolute atomic E-state index is 0.0418. The van der Waals surface area contributed by atoms with Gasteiger partial charge in [-0.2, -0.15) is 0 Å². The van der Waals surface area contributed by atoms with Gasteiger partial charge in [0.2, 0.25) is 5.91 Å². The molecule has 4 nitrogen and oxygen atoms in total. The number of carbonyl (C=O) groups is 2. The van der Waals surface area contributed by atoms with Gasteiger partial charge < -0.3 is 5.32 Å². The maximum absolute atomic E-state index is 12.1. The first-order valence-corrected chi connectivity index (χ1v) is 10.0. The number of hydrogen-bond donors (Lipinski definition) is 1. The van der Waals surface area contributed by atoms with Crippen molar-refractivity contribution in [3.8, 4) is 0 Å². The number of amides is 1. The first-order valence-electron chi connectivity index (χ1n) is 9.19. The number of rotatable bonds is 10. The molecule has 0 radical (unpaired) electrons. The Hall–Kier alpha value is -1.98. The third kappa shape index (κ3) is 6.07. The van der Waals surface area contributed by atoms with E-state index in [0.717, 1.165) is 35.0 Å². The van der Waals surface area contributed by atoms with Gasteiger partial charge in [-0.05, 0) is 43.3 Å². The number of ketones is 1. The largest absolute Gasteiger partial charge is 0.352 e. The van der Waals surface area contributed by atoms with Crippen molar-refractivity contribution in [2.45, 2.75) is 46.7 Å². The van der Waals surface area contributed by atoms with Crippen molar-refractivity contribution in [2.24, 2.45) is 0 Å². The van der Waals surface area contributed by atoms with Gasteiger partial charge in [0, 0.05) is 30.8 Å². The van der Waals surface area contributed by atoms with E-state index in [4.69, 9.17) is 0 Å². The first-order chi connectivity index (χ1) is 12.5. The third-order valence-corrected chi connectivity index (χ3v) is 5.52. The molecule has 0 atom stereocenters. The molecule has 1 aromatic heterocycles. The molecule has 2 rings (SSSR count). The van der Waals surface area contributed by atoms with E-state index in [2.05, 4.69) is 36.2 Å². The molecule has 0 fully saturated rings. The number of aryl methyl sites for hydroxylation is 1. The predicted octanol–water partition coefficient (Wildman–Crippen LogP) is 4.18. The van der Waals surface area contributed by atoms with E-state index in [-0.39, 0.29) is 24.5 Å². The lowest BCUT2D eigenvalue weighted by atomic mass is 10.1. The van der Waals surface area contributed by atoms with Crippen LogP contribution in [0.15, 0.2) is 36.4 Å². The SMILES string of the molecule is CCN(CC)Cc1ccccc1CNC(=O)CCC(=O)c1ccc(C)s1. The van der Waals surface area contributed by atoms with E-state index >= 15 is 0 Å². The number of nitrogens with one attached hydrogen (secondary N) is 1. The van der Waals surface area contributed by atoms with E-state index in [9.17, 15) is 9.59 Å². The van der Waals surface area contributed by atoms with Gasteiger partial charge >= 0.3 is 0 Å². The Bertz CT molecular complexity index is 735. The molecule has 1 N–H and O–H groups in total. The lowest BCUT2D eigenvalue weighted by Crippen LogP contribution is -2.26. The number of carbonyl (C=O) groups excluding carboxylic acids is 2. The number of Topliss-reactive ketones (excluding diaryl/α,β-unsaturated/α-hetero) is 1. The lowest BCUT2D eigenvalue weighted by Gasteiger charge is -2.20. The Morgan fingerprint density at radius 2 is 1.69 bits per heavy atom. The third-order valence-electron chi connectivity index (χ3n) is 4.48. The molecule has 26 heavy (non-hydrogen) atoms. The molecule has 140 valence electrons. The fraction of sp³-hybridized carbons (Fsp3) is 0.429. The minimum atomic E-state index is -0.0794. The second kappa shape index (κ2) is 10.2. The molecule has 0 aliphatic heterocycles. The van der Waals surface area contributed by atoms with Crippen LogP contribution in [-0.4, -0.2) is 29.7 Å². The number of benzene rings is 1. The number of thiophene rings is 1. The summed E-state index contributed by atoms with van der Waals surface area (Å²) in [6.07, 6.45) is 0.487. The van der Waals surface area contributed by atoms with E-state index in [1.54, 1.807) is 0 Å². The summed E-state index contributed by atoms with van der Waals surface area (Å²) >= 11 is 1.48. The summed E-state index contributed by atoms with van der Waals surface area (Å²) < 4.78 is 0. The fourth-order valence-corrected chi connectivity index (χ4v) is 3.62. The number of hydrogen-bond acceptors (Lipinski definition) is 4. The fourth-order valence-electron chi connectivity index (χ4n) is 2.79. The summed E-state index contributed by atoms with van der Waals surface area (Å²) in [5.41, 5.74) is 2.37. The molecule has 2 aromatic rings. The summed E-state index contributed by atoms with van der Waals surface area (Å²) in [7, 11) is 0. The van der Waals surface area contributed by atoms with Crippen molar-refractivity contribution in [1.82, 2.24) is 10.2 Å². The normalized spacial score (nSPS) is 10.9. The van der Waals surface area contributed by atoms with Crippen LogP contribution < -0.4 is 5.32 Å². The van der Waals surface area contributed by atoms with Gasteiger partial charge in [0.25, 0.3) is 0 Å². The monoisotopic (exact) mass is 372 g/mol. The standard InChI is InChI=1S/C21H28N2O2S/c1-4-23(5-2)15-18-9-7-6-8-17(18)14-22-21(25)13-11-19(24)20-12-10-16(3)26-20/h6-10,12H,4-5,11,13-15H2,1-3H3,(H,22,25). The second-order valence-electron chi connectivity index (χ2n) is 6.34. The number of nitrogens with zero attached hydrogens (tertiary/aromatic N) is 1. The van der Waals surface area contributed by atoms with Crippen LogP contribution >= 0.6 is 11.3 Å². The zero-order chi connectivity index (χ0) is 18.9. The van der Waals surface area contributed by atoms with Crippen LogP contribution in [0.3, 0.4) is 0 Å². The molecule has 0 spiro atoms. The van der Waals surface area contributed by atoms with Crippen LogP contribution in [0.5, 0.6) is 0 Å². The van der Waals surface area contributed by atoms with Gasteiger partial charge in [0.15, 0.2) is 5.78 Å². The minimum Gasteiger partial charge on any atom is -0.352 e. The van der Waals surface area contributed by atoms with Crippen molar-refractivity contribution >= 4 is 23.0 Å². The van der Waals surface area contributed by atoms with Crippen LogP contribution in [0.2, 0.25) is 0 Å². The Morgan fingerprint density at radius 3 is 2.31 bits per heavy atom. The summed E-state index contributed by atoms with van der Waals surface area (Å²) in [6, 6.07) is 12.0. The Balaban J connectivity index is 1.84. The van der Waals surface area contributed by atoms with Crippen molar-refractivity contribution in [3.63, 3.8) is 0 Å². The molecule has 1 heterocycles. The maximum atomic E-state index is 12.1. The van der Waals surface area contributed by atoms with Crippen LogP contribution in [-0.2, 0) is 17.9 Å². The molecular formula is C21H28N2O2S. The maximum Gasteiger partial charge on any atom is 0.220 e. The summed E-state index contributed by atoms with van der Waals surface area (Å²) in [4.78, 5) is 28.4. The first kappa shape index (κ1) is 20.3. The Kier molecular flexibility index (Phi) is 8.01. The molecule has 0 aliphatic carbocycles. The Labute approximate surface area is 160 Å². The van der Waals surface area contributed by atoms with E-state index < -0.39 is 0 Å². The van der Waals surface area contributed by atoms with Gasteiger partial charge in [-0.25, -0.2) is 0 Å². The van der Waals surface area contributed by atoms with Gasteiger partial charge in [-0.1, -0.05) is 38.1 Å². The van der Waals surface area contributed by atoms with Crippen LogP contribution in [0, 0.1) is 6.92 Å². The lowest BCUT2D eigenvalue weighted by molar-refractivity contribution is -0.121. The average Bonchev–Trinajstić information content (AvgIpc) is 3.09. The van der Waals surface area contributed by atoms with Crippen molar-refractivity contribution in [2.75, 3.05) is 13.1 Å². The van der Waals surface area contributed by atoms with Gasteiger partial charge in [-0.3, -0.25) is 14.5 Å². The van der Waals surface area contributed by atoms with Crippen molar-refractivity contribution < 1.29 is 9.59 Å². The Morgan fingerprint density at radius 1 is 1.00 bits per heavy atom. The topological polar surface area (TPSA) is 49.4 Å². The second-order valence-corrected chi connectivity index (χ2v) is 7.63. The molecule has 1 aromatic carbocycles. The van der Waals surface area contributed by atoms with E-state index in [1.165, 1.54) is 16.9 Å². The molecule has 0 saturated heterocycles. The van der Waals surface area contributed by atoms with E-state index in [1.807, 2.05) is 31.2 Å². The van der Waals surface area contributed by atoms with Gasteiger partial charge in [-0.15, -0.1) is 11.3 Å². The molecular weight excluding hydrogens is 344 g/mol. The average molecular weight is 373 g/mol. The van der Waals surface area contributed by atoms with Gasteiger partial charge in [0.1, 0.15) is 0 Å². The molecule has 0 saturated carbocycles. The highest BCUT2D eigenvalue weighted by Crippen LogP contribution is 2.17. The summed E-state index contributed by atoms with van der Waals surface area (Å²) in [5.74, 6) is -0.0375. The van der Waals surface area contributed by atoms with Crippen LogP contribution in [0.25, 0.3) is 0 Å². The zero-order valence-electron chi connectivity index (χ0n) is 15.9. The highest BCUT2D eigenvalue weighted by molar-refractivity contribution is 7.14. The smallest absolute Gasteiger partial charge is 0.220 e. The zero-order valence-corrected chi connectivity index (χ0v) is 16.7. The van der Waals surface area contributed by atoms with Crippen molar-refractivity contribution in [3.05, 3.63) is 57.3 Å². The van der Waals surface area contributed by atoms with Gasteiger partial charge in [0.05, 0.1) is 4.88 Å². The van der Waals surface area contributed by atoms with Crippen molar-refractivity contribution in [1.29, 1.82) is 0 Å². The molecule has 0 bridgehead atoms. The summed E-state index contributed by atoms with van der Waals surface area (Å²) in [6.45, 7) is 9.67. The molecule has 5 heteroatoms. The molecule has 0 aliphatic rings. The van der Waals surface area contributed by atoms with E-state index in [0.29, 0.717) is 6.54 Å².